The summed E-state index contributed by atoms with van der Waals surface area (Å²) in [6, 6.07) is 10.0. The molecule has 0 atom stereocenters. The highest BCUT2D eigenvalue weighted by Gasteiger charge is 2.17. The van der Waals surface area contributed by atoms with Crippen molar-refractivity contribution in [3.8, 4) is 0 Å². The molecule has 7 nitrogen and oxygen atoms in total. The molecule has 0 aliphatic rings. The van der Waals surface area contributed by atoms with E-state index in [2.05, 4.69) is 15.5 Å². The van der Waals surface area contributed by atoms with E-state index in [0.29, 0.717) is 42.2 Å². The normalized spacial score (nSPS) is 11.4. The van der Waals surface area contributed by atoms with Gasteiger partial charge >= 0.3 is 0 Å². The van der Waals surface area contributed by atoms with Crippen molar-refractivity contribution in [1.29, 1.82) is 0 Å². The number of thiophene rings is 1. The van der Waals surface area contributed by atoms with E-state index in [1.807, 2.05) is 54.0 Å². The third-order valence-electron chi connectivity index (χ3n) is 4.91. The van der Waals surface area contributed by atoms with Gasteiger partial charge in [-0.25, -0.2) is 0 Å². The molecule has 0 saturated heterocycles. The van der Waals surface area contributed by atoms with E-state index >= 15 is 0 Å². The summed E-state index contributed by atoms with van der Waals surface area (Å²) in [6.07, 6.45) is 1.59. The second-order valence-corrected chi connectivity index (χ2v) is 8.02. The number of hydrogen-bond donors (Lipinski definition) is 1. The summed E-state index contributed by atoms with van der Waals surface area (Å²) in [5.41, 5.74) is 3.04. The number of amides is 1. The van der Waals surface area contributed by atoms with Crippen LogP contribution in [0.25, 0.3) is 16.0 Å². The highest BCUT2D eigenvalue weighted by atomic mass is 32.1. The molecule has 29 heavy (non-hydrogen) atoms. The SMILES string of the molecule is CCCn1c(=O)c2sccc2n2c(CCC(=O)NCc3ccc(C)cc3)nnc12. The molecule has 3 aromatic heterocycles. The summed E-state index contributed by atoms with van der Waals surface area (Å²) in [4.78, 5) is 25.1. The number of fused-ring (bicyclic) bond motifs is 3. The lowest BCUT2D eigenvalue weighted by molar-refractivity contribution is -0.121. The molecule has 1 aromatic carbocycles. The molecule has 1 amide bonds. The fourth-order valence-electron chi connectivity index (χ4n) is 3.39. The Hall–Kier alpha value is -3.00. The summed E-state index contributed by atoms with van der Waals surface area (Å²) >= 11 is 1.42. The van der Waals surface area contributed by atoms with Crippen LogP contribution in [-0.4, -0.2) is 25.1 Å². The Bertz CT molecular complexity index is 1220. The van der Waals surface area contributed by atoms with Gasteiger partial charge in [0.15, 0.2) is 0 Å². The molecule has 3 heterocycles. The average Bonchev–Trinajstić information content (AvgIpc) is 3.36. The van der Waals surface area contributed by atoms with Crippen LogP contribution in [0.15, 0.2) is 40.5 Å². The van der Waals surface area contributed by atoms with Gasteiger partial charge in [0, 0.05) is 25.9 Å². The maximum Gasteiger partial charge on any atom is 0.272 e. The van der Waals surface area contributed by atoms with Gasteiger partial charge in [-0.15, -0.1) is 21.5 Å². The van der Waals surface area contributed by atoms with E-state index in [-0.39, 0.29) is 11.5 Å². The highest BCUT2D eigenvalue weighted by Crippen LogP contribution is 2.20. The number of benzene rings is 1. The zero-order chi connectivity index (χ0) is 20.4. The first-order chi connectivity index (χ1) is 14.1. The van der Waals surface area contributed by atoms with Crippen LogP contribution in [-0.2, 0) is 24.3 Å². The summed E-state index contributed by atoms with van der Waals surface area (Å²) in [5, 5.41) is 13.4. The molecular weight excluding hydrogens is 386 g/mol. The van der Waals surface area contributed by atoms with Gasteiger partial charge in [0.2, 0.25) is 11.7 Å². The molecule has 4 rings (SSSR count). The second-order valence-electron chi connectivity index (χ2n) is 7.11. The first-order valence-corrected chi connectivity index (χ1v) is 10.6. The maximum atomic E-state index is 12.7. The first kappa shape index (κ1) is 19.3. The summed E-state index contributed by atoms with van der Waals surface area (Å²) in [7, 11) is 0. The van der Waals surface area contributed by atoms with Crippen LogP contribution < -0.4 is 10.9 Å². The van der Waals surface area contributed by atoms with E-state index in [4.69, 9.17) is 0 Å². The van der Waals surface area contributed by atoms with Crippen molar-refractivity contribution in [2.45, 2.75) is 46.2 Å². The number of rotatable bonds is 7. The van der Waals surface area contributed by atoms with Crippen molar-refractivity contribution in [2.24, 2.45) is 0 Å². The standard InChI is InChI=1S/C21H23N5O2S/c1-3-11-25-20(28)19-16(10-12-29-19)26-17(23-24-21(25)26)8-9-18(27)22-13-15-6-4-14(2)5-7-15/h4-7,10,12H,3,8-9,11,13H2,1-2H3,(H,22,27). The molecule has 0 unspecified atom stereocenters. The van der Waals surface area contributed by atoms with E-state index in [1.165, 1.54) is 16.9 Å². The summed E-state index contributed by atoms with van der Waals surface area (Å²) < 4.78 is 4.28. The molecule has 1 N–H and O–H groups in total. The average molecular weight is 410 g/mol. The van der Waals surface area contributed by atoms with Gasteiger partial charge in [0.25, 0.3) is 5.56 Å². The smallest absolute Gasteiger partial charge is 0.272 e. The van der Waals surface area contributed by atoms with Crippen LogP contribution in [0, 0.1) is 6.92 Å². The second kappa shape index (κ2) is 8.16. The largest absolute Gasteiger partial charge is 0.352 e. The van der Waals surface area contributed by atoms with Crippen molar-refractivity contribution >= 4 is 33.2 Å². The molecule has 0 spiro atoms. The van der Waals surface area contributed by atoms with Gasteiger partial charge < -0.3 is 5.32 Å². The number of carbonyl (C=O) groups excluding carboxylic acids is 1. The molecule has 0 fully saturated rings. The predicted molar refractivity (Wildman–Crippen MR) is 114 cm³/mol. The number of carbonyl (C=O) groups is 1. The lowest BCUT2D eigenvalue weighted by Gasteiger charge is -2.08. The lowest BCUT2D eigenvalue weighted by Crippen LogP contribution is -2.24. The van der Waals surface area contributed by atoms with Gasteiger partial charge in [-0.05, 0) is 30.4 Å². The summed E-state index contributed by atoms with van der Waals surface area (Å²) in [6.45, 7) is 5.16. The molecule has 8 heteroatoms. The molecule has 0 aliphatic heterocycles. The minimum Gasteiger partial charge on any atom is -0.352 e. The Morgan fingerprint density at radius 1 is 1.17 bits per heavy atom. The number of nitrogens with zero attached hydrogens (tertiary/aromatic N) is 4. The lowest BCUT2D eigenvalue weighted by atomic mass is 10.1. The monoisotopic (exact) mass is 409 g/mol. The zero-order valence-corrected chi connectivity index (χ0v) is 17.3. The maximum absolute atomic E-state index is 12.7. The minimum absolute atomic E-state index is 0.0286. The van der Waals surface area contributed by atoms with Crippen molar-refractivity contribution in [1.82, 2.24) is 24.5 Å². The topological polar surface area (TPSA) is 81.3 Å². The van der Waals surface area contributed by atoms with Crippen molar-refractivity contribution in [3.05, 3.63) is 63.0 Å². The fourth-order valence-corrected chi connectivity index (χ4v) is 4.21. The Labute approximate surface area is 172 Å². The molecular formula is C21H23N5O2S. The van der Waals surface area contributed by atoms with E-state index in [0.717, 1.165) is 17.5 Å². The van der Waals surface area contributed by atoms with Gasteiger partial charge in [-0.3, -0.25) is 18.6 Å². The quantitative estimate of drug-likeness (QED) is 0.509. The Balaban J connectivity index is 1.53. The van der Waals surface area contributed by atoms with Crippen LogP contribution in [0.5, 0.6) is 0 Å². The van der Waals surface area contributed by atoms with E-state index < -0.39 is 0 Å². The van der Waals surface area contributed by atoms with Crippen LogP contribution >= 0.6 is 11.3 Å². The van der Waals surface area contributed by atoms with Crippen LogP contribution in [0.1, 0.15) is 36.7 Å². The van der Waals surface area contributed by atoms with Crippen molar-refractivity contribution in [3.63, 3.8) is 0 Å². The molecule has 4 aromatic rings. The molecule has 0 bridgehead atoms. The van der Waals surface area contributed by atoms with Crippen molar-refractivity contribution < 1.29 is 4.79 Å². The third kappa shape index (κ3) is 3.80. The number of aromatic nitrogens is 4. The number of nitrogens with one attached hydrogen (secondary N) is 1. The van der Waals surface area contributed by atoms with E-state index in [1.54, 1.807) is 4.57 Å². The third-order valence-corrected chi connectivity index (χ3v) is 5.80. The number of aryl methyl sites for hydroxylation is 3. The number of hydrogen-bond acceptors (Lipinski definition) is 5. The van der Waals surface area contributed by atoms with Gasteiger partial charge in [-0.1, -0.05) is 36.8 Å². The highest BCUT2D eigenvalue weighted by molar-refractivity contribution is 7.17. The molecule has 0 aliphatic carbocycles. The van der Waals surface area contributed by atoms with Gasteiger partial charge in [-0.2, -0.15) is 0 Å². The molecule has 0 saturated carbocycles. The van der Waals surface area contributed by atoms with Gasteiger partial charge in [0.05, 0.1) is 5.52 Å². The minimum atomic E-state index is -0.0363. The Morgan fingerprint density at radius 2 is 1.97 bits per heavy atom. The fraction of sp³-hybridized carbons (Fsp3) is 0.333. The first-order valence-electron chi connectivity index (χ1n) is 9.74. The van der Waals surface area contributed by atoms with Crippen molar-refractivity contribution in [2.75, 3.05) is 0 Å². The van der Waals surface area contributed by atoms with Crippen LogP contribution in [0.3, 0.4) is 0 Å². The van der Waals surface area contributed by atoms with Crippen LogP contribution in [0.4, 0.5) is 0 Å². The Morgan fingerprint density at radius 3 is 2.72 bits per heavy atom. The zero-order valence-electron chi connectivity index (χ0n) is 16.5. The van der Waals surface area contributed by atoms with Crippen LogP contribution in [0.2, 0.25) is 0 Å². The predicted octanol–water partition coefficient (Wildman–Crippen LogP) is 3.07. The van der Waals surface area contributed by atoms with Gasteiger partial charge in [0.1, 0.15) is 10.5 Å². The Kier molecular flexibility index (Phi) is 5.44. The molecule has 0 radical (unpaired) electrons. The summed E-state index contributed by atoms with van der Waals surface area (Å²) in [5.74, 6) is 1.20. The molecule has 150 valence electrons. The van der Waals surface area contributed by atoms with E-state index in [9.17, 15) is 9.59 Å².